The number of hydrogen-bond acceptors (Lipinski definition) is 6. The van der Waals surface area contributed by atoms with Gasteiger partial charge in [-0.2, -0.15) is 0 Å². The number of amides is 1. The number of primary amides is 1. The van der Waals surface area contributed by atoms with Crippen molar-refractivity contribution in [2.75, 3.05) is 39.0 Å². The normalized spacial score (nSPS) is 19.8. The number of carbonyl (C=O) groups excluding carboxylic acids is 1. The number of aromatic nitrogens is 1. The molecule has 4 heterocycles. The average Bonchev–Trinajstić information content (AvgIpc) is 3.65. The number of nitrogens with one attached hydrogen (secondary N) is 1. The molecule has 3 N–H and O–H groups in total. The number of piperidine rings is 1. The number of hydrogen-bond donors (Lipinski definition) is 2. The predicted molar refractivity (Wildman–Crippen MR) is 148 cm³/mol. The second-order valence-electron chi connectivity index (χ2n) is 10.3. The van der Waals surface area contributed by atoms with Crippen LogP contribution in [0.15, 0.2) is 29.8 Å². The van der Waals surface area contributed by atoms with Gasteiger partial charge in [-0.3, -0.25) is 9.69 Å². The zero-order chi connectivity index (χ0) is 26.2. The summed E-state index contributed by atoms with van der Waals surface area (Å²) in [4.78, 5) is 19.2. The van der Waals surface area contributed by atoms with Gasteiger partial charge in [-0.1, -0.05) is 0 Å². The van der Waals surface area contributed by atoms with Gasteiger partial charge in [-0.05, 0) is 85.8 Å². The van der Waals surface area contributed by atoms with Crippen LogP contribution in [-0.2, 0) is 21.3 Å². The highest BCUT2D eigenvalue weighted by Crippen LogP contribution is 2.38. The second-order valence-corrected chi connectivity index (χ2v) is 13.5. The minimum atomic E-state index is -3.18. The lowest BCUT2D eigenvalue weighted by Crippen LogP contribution is -2.38. The first-order valence-corrected chi connectivity index (χ1v) is 15.5. The van der Waals surface area contributed by atoms with Crippen molar-refractivity contribution in [1.29, 1.82) is 0 Å². The fourth-order valence-corrected chi connectivity index (χ4v) is 7.77. The number of ether oxygens (including phenoxy) is 1. The molecule has 0 radical (unpaired) electrons. The van der Waals surface area contributed by atoms with Crippen molar-refractivity contribution in [2.45, 2.75) is 51.2 Å². The summed E-state index contributed by atoms with van der Waals surface area (Å²) in [5, 5.41) is 3.13. The molecule has 8 nitrogen and oxygen atoms in total. The van der Waals surface area contributed by atoms with Crippen LogP contribution in [-0.4, -0.2) is 73.7 Å². The fourth-order valence-electron chi connectivity index (χ4n) is 5.66. The molecule has 10 heteroatoms. The number of thiophene rings is 1. The molecule has 200 valence electrons. The molecular formula is C27H36N4O4S2. The number of likely N-dealkylation sites (N-methyl/N-ethyl adjacent to an activating group) is 1. The van der Waals surface area contributed by atoms with E-state index in [1.54, 1.807) is 22.6 Å². The molecule has 0 aliphatic carbocycles. The van der Waals surface area contributed by atoms with Gasteiger partial charge in [0.2, 0.25) is 10.0 Å². The Kier molecular flexibility index (Phi) is 7.74. The second kappa shape index (κ2) is 10.9. The number of sulfonamides is 1. The van der Waals surface area contributed by atoms with Crippen molar-refractivity contribution in [3.63, 3.8) is 0 Å². The molecule has 2 aromatic heterocycles. The molecule has 1 amide bonds. The van der Waals surface area contributed by atoms with Crippen LogP contribution in [0.25, 0.3) is 22.0 Å². The summed E-state index contributed by atoms with van der Waals surface area (Å²) in [7, 11) is -1.05. The smallest absolute Gasteiger partial charge is 0.250 e. The zero-order valence-electron chi connectivity index (χ0n) is 21.5. The summed E-state index contributed by atoms with van der Waals surface area (Å²) in [5.41, 5.74) is 10.2. The predicted octanol–water partition coefficient (Wildman–Crippen LogP) is 4.14. The van der Waals surface area contributed by atoms with Crippen molar-refractivity contribution >= 4 is 38.2 Å². The van der Waals surface area contributed by atoms with Crippen LogP contribution < -0.4 is 5.73 Å². The van der Waals surface area contributed by atoms with Gasteiger partial charge >= 0.3 is 0 Å². The summed E-state index contributed by atoms with van der Waals surface area (Å²) in [6.45, 7) is 5.36. The van der Waals surface area contributed by atoms with E-state index in [-0.39, 0.29) is 11.7 Å². The molecular weight excluding hydrogens is 508 g/mol. The van der Waals surface area contributed by atoms with Crippen molar-refractivity contribution in [3.05, 3.63) is 45.8 Å². The van der Waals surface area contributed by atoms with E-state index in [4.69, 9.17) is 10.5 Å². The Morgan fingerprint density at radius 3 is 2.68 bits per heavy atom. The number of H-pyrrole nitrogens is 1. The summed E-state index contributed by atoms with van der Waals surface area (Å²) < 4.78 is 32.0. The highest BCUT2D eigenvalue weighted by atomic mass is 32.2. The van der Waals surface area contributed by atoms with Gasteiger partial charge in [0.05, 0.1) is 22.9 Å². The van der Waals surface area contributed by atoms with Gasteiger partial charge in [0.1, 0.15) is 0 Å². The zero-order valence-corrected chi connectivity index (χ0v) is 23.2. The third kappa shape index (κ3) is 5.63. The lowest BCUT2D eigenvalue weighted by molar-refractivity contribution is 0.0796. The first-order chi connectivity index (χ1) is 17.7. The van der Waals surface area contributed by atoms with Crippen LogP contribution in [0.4, 0.5) is 0 Å². The van der Waals surface area contributed by atoms with Gasteiger partial charge in [-0.15, -0.1) is 11.3 Å². The summed E-state index contributed by atoms with van der Waals surface area (Å²) in [5.74, 6) is -0.114. The SMILES string of the molecule is CCS(=O)(=O)N1CCC(c2c[nH]c3c(C(N)=O)cc(-c4csc(CN(C)C[C@H]5CCCO5)c4)cc23)CC1. The van der Waals surface area contributed by atoms with Crippen molar-refractivity contribution in [1.82, 2.24) is 14.2 Å². The highest BCUT2D eigenvalue weighted by molar-refractivity contribution is 7.89. The molecule has 5 rings (SSSR count). The first-order valence-electron chi connectivity index (χ1n) is 13.1. The van der Waals surface area contributed by atoms with Crippen molar-refractivity contribution < 1.29 is 17.9 Å². The van der Waals surface area contributed by atoms with Crippen LogP contribution in [0.3, 0.4) is 0 Å². The van der Waals surface area contributed by atoms with Crippen molar-refractivity contribution in [3.8, 4) is 11.1 Å². The Hall–Kier alpha value is -2.24. The number of rotatable bonds is 9. The lowest BCUT2D eigenvalue weighted by atomic mass is 9.88. The van der Waals surface area contributed by atoms with E-state index < -0.39 is 15.9 Å². The van der Waals surface area contributed by atoms with E-state index in [0.29, 0.717) is 24.8 Å². The van der Waals surface area contributed by atoms with Gasteiger partial charge in [-0.25, -0.2) is 12.7 Å². The van der Waals surface area contributed by atoms with E-state index in [0.717, 1.165) is 73.0 Å². The highest BCUT2D eigenvalue weighted by Gasteiger charge is 2.29. The lowest BCUT2D eigenvalue weighted by Gasteiger charge is -2.31. The van der Waals surface area contributed by atoms with Crippen LogP contribution in [0.1, 0.15) is 59.3 Å². The molecule has 0 unspecified atom stereocenters. The summed E-state index contributed by atoms with van der Waals surface area (Å²) in [6, 6.07) is 6.22. The number of aromatic amines is 1. The minimum absolute atomic E-state index is 0.128. The minimum Gasteiger partial charge on any atom is -0.377 e. The summed E-state index contributed by atoms with van der Waals surface area (Å²) >= 11 is 1.72. The van der Waals surface area contributed by atoms with Crippen LogP contribution in [0, 0.1) is 0 Å². The maximum absolute atomic E-state index is 12.4. The number of nitrogens with two attached hydrogens (primary N) is 1. The Morgan fingerprint density at radius 2 is 2.00 bits per heavy atom. The van der Waals surface area contributed by atoms with E-state index in [9.17, 15) is 13.2 Å². The molecule has 1 aromatic carbocycles. The fraction of sp³-hybridized carbons (Fsp3) is 0.519. The van der Waals surface area contributed by atoms with Crippen molar-refractivity contribution in [2.24, 2.45) is 5.73 Å². The van der Waals surface area contributed by atoms with Crippen LogP contribution in [0.2, 0.25) is 0 Å². The Labute approximate surface area is 222 Å². The third-order valence-corrected chi connectivity index (χ3v) is 10.5. The molecule has 0 spiro atoms. The van der Waals surface area contributed by atoms with E-state index in [2.05, 4.69) is 34.4 Å². The maximum Gasteiger partial charge on any atom is 0.250 e. The molecule has 2 fully saturated rings. The molecule has 1 atom stereocenters. The Morgan fingerprint density at radius 1 is 1.22 bits per heavy atom. The largest absolute Gasteiger partial charge is 0.377 e. The van der Waals surface area contributed by atoms with Gasteiger partial charge in [0, 0.05) is 49.2 Å². The van der Waals surface area contributed by atoms with E-state index in [1.807, 2.05) is 12.3 Å². The number of fused-ring (bicyclic) bond motifs is 1. The Balaban J connectivity index is 1.39. The van der Waals surface area contributed by atoms with Gasteiger partial charge in [0.15, 0.2) is 0 Å². The monoisotopic (exact) mass is 544 g/mol. The third-order valence-electron chi connectivity index (χ3n) is 7.69. The molecule has 2 saturated heterocycles. The first kappa shape index (κ1) is 26.4. The molecule has 2 aliphatic heterocycles. The van der Waals surface area contributed by atoms with E-state index in [1.165, 1.54) is 4.88 Å². The summed E-state index contributed by atoms with van der Waals surface area (Å²) in [6.07, 6.45) is 6.07. The molecule has 37 heavy (non-hydrogen) atoms. The van der Waals surface area contributed by atoms with Gasteiger partial charge in [0.25, 0.3) is 5.91 Å². The molecule has 0 saturated carbocycles. The number of nitrogens with zero attached hydrogens (tertiary/aromatic N) is 2. The van der Waals surface area contributed by atoms with Gasteiger partial charge < -0.3 is 15.5 Å². The quantitative estimate of drug-likeness (QED) is 0.421. The average molecular weight is 545 g/mol. The standard InChI is InChI=1S/C27H36N4O4S2/c1-3-37(33,34)31-8-6-18(7-9-31)25-14-29-26-23(25)12-19(13-24(26)27(28)32)20-11-22(36-17-20)16-30(2)15-21-5-4-10-35-21/h11-14,17-18,21,29H,3-10,15-16H2,1-2H3,(H2,28,32)/t21-/m1/s1. The van der Waals surface area contributed by atoms with Crippen LogP contribution in [0.5, 0.6) is 0 Å². The number of benzene rings is 1. The molecule has 3 aromatic rings. The number of carbonyl (C=O) groups is 1. The maximum atomic E-state index is 12.4. The van der Waals surface area contributed by atoms with Crippen LogP contribution >= 0.6 is 11.3 Å². The molecule has 0 bridgehead atoms. The topological polar surface area (TPSA) is 109 Å². The molecule has 2 aliphatic rings. The Bertz CT molecular complexity index is 1370. The van der Waals surface area contributed by atoms with E-state index >= 15 is 0 Å².